The number of allylic oxidation sites excluding steroid dienone is 1. The molecule has 0 fully saturated rings. The highest BCUT2D eigenvalue weighted by atomic mass is 16.5. The second-order valence-electron chi connectivity index (χ2n) is 5.80. The van der Waals surface area contributed by atoms with Gasteiger partial charge in [0.1, 0.15) is 5.75 Å². The Morgan fingerprint density at radius 1 is 1.12 bits per heavy atom. The summed E-state index contributed by atoms with van der Waals surface area (Å²) in [7, 11) is 1.91. The molecule has 6 nitrogen and oxygen atoms in total. The second-order valence-corrected chi connectivity index (χ2v) is 5.80. The van der Waals surface area contributed by atoms with Gasteiger partial charge in [0, 0.05) is 24.6 Å². The number of hydrogen-bond acceptors (Lipinski definition) is 5. The first-order valence-corrected chi connectivity index (χ1v) is 8.29. The number of phenolic OH excluding ortho intramolecular Hbond substituents is 1. The standard InChI is InChI=1S/C20H24N4O2/c1-24-13-15-8-6-14(7-9-15)10-11-26-19(20(22)23)12-17(21)16-4-2-3-5-18(16)25/h2-9,12,21,24-25H,10-11,13H2,1H3,(H3,22,23)/b19-12+,21-17?. The molecule has 0 saturated carbocycles. The lowest BCUT2D eigenvalue weighted by Crippen LogP contribution is -2.18. The van der Waals surface area contributed by atoms with E-state index in [1.54, 1.807) is 18.2 Å². The molecule has 2 aromatic rings. The Morgan fingerprint density at radius 2 is 1.77 bits per heavy atom. The topological polar surface area (TPSA) is 115 Å². The number of hydrogen-bond donors (Lipinski definition) is 5. The minimum absolute atomic E-state index is 0.00156. The lowest BCUT2D eigenvalue weighted by molar-refractivity contribution is 0.234. The van der Waals surface area contributed by atoms with E-state index in [9.17, 15) is 5.11 Å². The van der Waals surface area contributed by atoms with E-state index in [-0.39, 0.29) is 23.1 Å². The zero-order valence-electron chi connectivity index (χ0n) is 14.8. The van der Waals surface area contributed by atoms with Crippen LogP contribution in [0.2, 0.25) is 0 Å². The third kappa shape index (κ3) is 5.46. The number of amidine groups is 1. The summed E-state index contributed by atoms with van der Waals surface area (Å²) in [6.45, 7) is 1.16. The van der Waals surface area contributed by atoms with E-state index in [1.165, 1.54) is 17.7 Å². The minimum Gasteiger partial charge on any atom is -0.507 e. The maximum absolute atomic E-state index is 9.82. The summed E-state index contributed by atoms with van der Waals surface area (Å²) in [6.07, 6.45) is 2.02. The van der Waals surface area contributed by atoms with Gasteiger partial charge in [0.25, 0.3) is 0 Å². The van der Waals surface area contributed by atoms with Crippen molar-refractivity contribution < 1.29 is 9.84 Å². The predicted octanol–water partition coefficient (Wildman–Crippen LogP) is 2.56. The monoisotopic (exact) mass is 352 g/mol. The van der Waals surface area contributed by atoms with E-state index in [0.29, 0.717) is 18.6 Å². The van der Waals surface area contributed by atoms with E-state index < -0.39 is 0 Å². The Hall–Kier alpha value is -3.12. The van der Waals surface area contributed by atoms with E-state index >= 15 is 0 Å². The van der Waals surface area contributed by atoms with Gasteiger partial charge in [0.05, 0.1) is 12.3 Å². The summed E-state index contributed by atoms with van der Waals surface area (Å²) < 4.78 is 5.59. The molecule has 0 aliphatic rings. The fourth-order valence-electron chi connectivity index (χ4n) is 2.41. The largest absolute Gasteiger partial charge is 0.507 e. The van der Waals surface area contributed by atoms with Crippen molar-refractivity contribution in [3.8, 4) is 5.75 Å². The average Bonchev–Trinajstić information content (AvgIpc) is 2.62. The zero-order valence-corrected chi connectivity index (χ0v) is 14.8. The number of phenols is 1. The van der Waals surface area contributed by atoms with Crippen LogP contribution in [0.4, 0.5) is 0 Å². The molecule has 0 atom stereocenters. The number of ether oxygens (including phenoxy) is 1. The molecule has 0 aliphatic heterocycles. The third-order valence-corrected chi connectivity index (χ3v) is 3.79. The van der Waals surface area contributed by atoms with Crippen molar-refractivity contribution in [2.24, 2.45) is 5.73 Å². The van der Waals surface area contributed by atoms with E-state index in [2.05, 4.69) is 17.4 Å². The molecule has 0 radical (unpaired) electrons. The molecule has 0 bridgehead atoms. The molecule has 0 saturated heterocycles. The van der Waals surface area contributed by atoms with Gasteiger partial charge in [0.2, 0.25) is 0 Å². The van der Waals surface area contributed by atoms with Crippen molar-refractivity contribution in [2.45, 2.75) is 13.0 Å². The maximum atomic E-state index is 9.82. The van der Waals surface area contributed by atoms with Gasteiger partial charge in [-0.05, 0) is 30.3 Å². The lowest BCUT2D eigenvalue weighted by atomic mass is 10.1. The van der Waals surface area contributed by atoms with Gasteiger partial charge in [-0.1, -0.05) is 36.4 Å². The summed E-state index contributed by atoms with van der Waals surface area (Å²) in [4.78, 5) is 0. The van der Waals surface area contributed by atoms with Gasteiger partial charge < -0.3 is 20.9 Å². The quantitative estimate of drug-likeness (QED) is 0.271. The molecule has 136 valence electrons. The Balaban J connectivity index is 1.99. The molecule has 0 aliphatic carbocycles. The van der Waals surface area contributed by atoms with Crippen molar-refractivity contribution in [1.82, 2.24) is 5.32 Å². The minimum atomic E-state index is -0.255. The summed E-state index contributed by atoms with van der Waals surface area (Å²) in [5.74, 6) is -0.141. The molecule has 26 heavy (non-hydrogen) atoms. The number of nitrogens with two attached hydrogens (primary N) is 1. The van der Waals surface area contributed by atoms with Crippen molar-refractivity contribution in [3.63, 3.8) is 0 Å². The first-order chi connectivity index (χ1) is 12.5. The maximum Gasteiger partial charge on any atom is 0.162 e. The van der Waals surface area contributed by atoms with Crippen LogP contribution >= 0.6 is 0 Å². The van der Waals surface area contributed by atoms with Crippen molar-refractivity contribution in [2.75, 3.05) is 13.7 Å². The molecule has 2 aromatic carbocycles. The first-order valence-electron chi connectivity index (χ1n) is 8.29. The van der Waals surface area contributed by atoms with Crippen molar-refractivity contribution in [1.29, 1.82) is 10.8 Å². The summed E-state index contributed by atoms with van der Waals surface area (Å²) >= 11 is 0. The van der Waals surface area contributed by atoms with Gasteiger partial charge >= 0.3 is 0 Å². The molecule has 0 aromatic heterocycles. The molecule has 6 heteroatoms. The number of nitrogens with one attached hydrogen (secondary N) is 3. The normalized spacial score (nSPS) is 11.2. The van der Waals surface area contributed by atoms with E-state index in [0.717, 1.165) is 12.1 Å². The van der Waals surface area contributed by atoms with Gasteiger partial charge in [-0.3, -0.25) is 10.8 Å². The summed E-state index contributed by atoms with van der Waals surface area (Å²) in [5.41, 5.74) is 8.27. The lowest BCUT2D eigenvalue weighted by Gasteiger charge is -2.11. The first kappa shape index (κ1) is 19.2. The van der Waals surface area contributed by atoms with Crippen LogP contribution in [0.5, 0.6) is 5.75 Å². The number of aromatic hydroxyl groups is 1. The number of para-hydroxylation sites is 1. The Kier molecular flexibility index (Phi) is 6.93. The summed E-state index contributed by atoms with van der Waals surface area (Å²) in [5, 5.41) is 28.6. The highest BCUT2D eigenvalue weighted by Gasteiger charge is 2.09. The van der Waals surface area contributed by atoms with Crippen molar-refractivity contribution >= 4 is 11.5 Å². The smallest absolute Gasteiger partial charge is 0.162 e. The van der Waals surface area contributed by atoms with Crippen LogP contribution in [0.15, 0.2) is 60.4 Å². The number of rotatable bonds is 9. The van der Waals surface area contributed by atoms with Gasteiger partial charge in [-0.15, -0.1) is 0 Å². The summed E-state index contributed by atoms with van der Waals surface area (Å²) in [6, 6.07) is 14.7. The van der Waals surface area contributed by atoms with Crippen LogP contribution in [0, 0.1) is 10.8 Å². The molecule has 0 amide bonds. The highest BCUT2D eigenvalue weighted by Crippen LogP contribution is 2.17. The Bertz CT molecular complexity index is 798. The van der Waals surface area contributed by atoms with Gasteiger partial charge in [0.15, 0.2) is 11.6 Å². The molecule has 2 rings (SSSR count). The molecule has 0 unspecified atom stereocenters. The molecule has 0 spiro atoms. The second kappa shape index (κ2) is 9.39. The molecule has 0 heterocycles. The fraction of sp³-hybridized carbons (Fsp3) is 0.200. The Labute approximate surface area is 153 Å². The molecular weight excluding hydrogens is 328 g/mol. The zero-order chi connectivity index (χ0) is 18.9. The predicted molar refractivity (Wildman–Crippen MR) is 104 cm³/mol. The van der Waals surface area contributed by atoms with Crippen LogP contribution in [-0.2, 0) is 17.7 Å². The van der Waals surface area contributed by atoms with Crippen LogP contribution in [0.1, 0.15) is 16.7 Å². The van der Waals surface area contributed by atoms with Crippen LogP contribution in [-0.4, -0.2) is 30.3 Å². The van der Waals surface area contributed by atoms with Crippen LogP contribution in [0.25, 0.3) is 0 Å². The third-order valence-electron chi connectivity index (χ3n) is 3.79. The Morgan fingerprint density at radius 3 is 2.38 bits per heavy atom. The fourth-order valence-corrected chi connectivity index (χ4v) is 2.41. The van der Waals surface area contributed by atoms with Crippen LogP contribution in [0.3, 0.4) is 0 Å². The highest BCUT2D eigenvalue weighted by molar-refractivity contribution is 6.11. The molecule has 6 N–H and O–H groups in total. The van der Waals surface area contributed by atoms with Crippen LogP contribution < -0.4 is 11.1 Å². The van der Waals surface area contributed by atoms with Gasteiger partial charge in [-0.25, -0.2) is 0 Å². The molecular formula is C20H24N4O2. The number of benzene rings is 2. The van der Waals surface area contributed by atoms with Crippen molar-refractivity contribution in [3.05, 3.63) is 77.1 Å². The van der Waals surface area contributed by atoms with E-state index in [1.807, 2.05) is 19.2 Å². The van der Waals surface area contributed by atoms with Gasteiger partial charge in [-0.2, -0.15) is 0 Å². The SMILES string of the molecule is CNCc1ccc(CCO/C(=C/C(=N)c2ccccc2O)C(=N)N)cc1. The average molecular weight is 352 g/mol. The van der Waals surface area contributed by atoms with E-state index in [4.69, 9.17) is 21.3 Å².